The molecule has 0 saturated heterocycles. The maximum atomic E-state index is 5.11. The van der Waals surface area contributed by atoms with Crippen LogP contribution in [-0.2, 0) is 5.41 Å². The Hall–Kier alpha value is -6.51. The number of nitrogens with zero attached hydrogens (tertiary/aromatic N) is 2. The molecule has 0 amide bonds. The molecule has 1 aliphatic rings. The zero-order valence-corrected chi connectivity index (χ0v) is 29.2. The van der Waals surface area contributed by atoms with Gasteiger partial charge in [-0.3, -0.25) is 4.98 Å². The van der Waals surface area contributed by atoms with E-state index in [0.29, 0.717) is 0 Å². The monoisotopic (exact) mass is 664 g/mol. The highest BCUT2D eigenvalue weighted by Crippen LogP contribution is 2.49. The smallest absolute Gasteiger partial charge is 0.0702 e. The van der Waals surface area contributed by atoms with Crippen molar-refractivity contribution in [2.75, 3.05) is 0 Å². The van der Waals surface area contributed by atoms with E-state index in [1.165, 1.54) is 66.3 Å². The first-order valence-corrected chi connectivity index (χ1v) is 18.0. The van der Waals surface area contributed by atoms with Crippen molar-refractivity contribution in [2.24, 2.45) is 0 Å². The normalized spacial score (nSPS) is 13.0. The van der Waals surface area contributed by atoms with Gasteiger partial charge in [0.05, 0.1) is 16.7 Å². The van der Waals surface area contributed by atoms with Crippen LogP contribution >= 0.6 is 0 Å². The molecule has 0 bridgehead atoms. The summed E-state index contributed by atoms with van der Waals surface area (Å²) in [6.07, 6.45) is 2.05. The van der Waals surface area contributed by atoms with Crippen molar-refractivity contribution < 1.29 is 0 Å². The first-order valence-electron chi connectivity index (χ1n) is 18.0. The van der Waals surface area contributed by atoms with Gasteiger partial charge in [-0.2, -0.15) is 0 Å². The summed E-state index contributed by atoms with van der Waals surface area (Å²) in [6.45, 7) is 4.66. The molecule has 7 aromatic carbocycles. The molecule has 52 heavy (non-hydrogen) atoms. The molecule has 2 heteroatoms. The van der Waals surface area contributed by atoms with Gasteiger partial charge in [0.1, 0.15) is 0 Å². The third-order valence-electron chi connectivity index (χ3n) is 11.0. The summed E-state index contributed by atoms with van der Waals surface area (Å²) in [5.41, 5.74) is 18.0. The Morgan fingerprint density at radius 2 is 1.04 bits per heavy atom. The number of aromatic nitrogens is 2. The predicted octanol–water partition coefficient (Wildman–Crippen LogP) is 13.2. The fraction of sp³-hybridized carbons (Fsp3) is 0.0600. The molecule has 0 N–H and O–H groups in total. The van der Waals surface area contributed by atoms with E-state index in [9.17, 15) is 0 Å². The highest BCUT2D eigenvalue weighted by atomic mass is 15.0. The van der Waals surface area contributed by atoms with E-state index in [1.807, 2.05) is 0 Å². The van der Waals surface area contributed by atoms with Crippen LogP contribution in [-0.4, -0.2) is 9.55 Å². The summed E-state index contributed by atoms with van der Waals surface area (Å²) in [4.78, 5) is 5.11. The summed E-state index contributed by atoms with van der Waals surface area (Å²) < 4.78 is 2.45. The quantitative estimate of drug-likeness (QED) is 0.179. The molecule has 1 aliphatic carbocycles. The molecule has 2 nitrogen and oxygen atoms in total. The van der Waals surface area contributed by atoms with E-state index >= 15 is 0 Å². The van der Waals surface area contributed by atoms with Gasteiger partial charge in [-0.15, -0.1) is 0 Å². The molecule has 0 atom stereocenters. The molecule has 2 heterocycles. The van der Waals surface area contributed by atoms with Gasteiger partial charge in [0.15, 0.2) is 0 Å². The molecule has 10 rings (SSSR count). The van der Waals surface area contributed by atoms with Gasteiger partial charge in [0.2, 0.25) is 0 Å². The summed E-state index contributed by atoms with van der Waals surface area (Å²) in [5.74, 6) is 0. The second-order valence-electron chi connectivity index (χ2n) is 14.4. The van der Waals surface area contributed by atoms with Crippen LogP contribution in [0.25, 0.3) is 83.3 Å². The van der Waals surface area contributed by atoms with Gasteiger partial charge in [0, 0.05) is 44.8 Å². The number of rotatable bonds is 5. The minimum Gasteiger partial charge on any atom is -0.309 e. The van der Waals surface area contributed by atoms with Gasteiger partial charge < -0.3 is 4.57 Å². The van der Waals surface area contributed by atoms with Gasteiger partial charge in [-0.25, -0.2) is 0 Å². The van der Waals surface area contributed by atoms with Gasteiger partial charge in [-0.1, -0.05) is 153 Å². The Kier molecular flexibility index (Phi) is 6.87. The molecular formula is C50H36N2. The average molecular weight is 665 g/mol. The Bertz CT molecular complexity index is 2730. The second kappa shape index (κ2) is 11.8. The minimum atomic E-state index is -0.0525. The van der Waals surface area contributed by atoms with E-state index in [1.54, 1.807) is 0 Å². The Morgan fingerprint density at radius 3 is 1.77 bits per heavy atom. The Morgan fingerprint density at radius 1 is 0.423 bits per heavy atom. The van der Waals surface area contributed by atoms with Crippen molar-refractivity contribution in [3.8, 4) is 61.5 Å². The summed E-state index contributed by atoms with van der Waals surface area (Å²) >= 11 is 0. The van der Waals surface area contributed by atoms with Gasteiger partial charge >= 0.3 is 0 Å². The van der Waals surface area contributed by atoms with Crippen LogP contribution in [0.5, 0.6) is 0 Å². The lowest BCUT2D eigenvalue weighted by atomic mass is 9.82. The lowest BCUT2D eigenvalue weighted by Gasteiger charge is -2.21. The summed E-state index contributed by atoms with van der Waals surface area (Å²) in [5, 5.41) is 2.46. The molecule has 0 saturated carbocycles. The molecule has 0 spiro atoms. The molecule has 0 radical (unpaired) electrons. The van der Waals surface area contributed by atoms with E-state index in [2.05, 4.69) is 201 Å². The van der Waals surface area contributed by atoms with Crippen LogP contribution in [0, 0.1) is 0 Å². The Balaban J connectivity index is 1.14. The number of hydrogen-bond acceptors (Lipinski definition) is 1. The number of pyridine rings is 1. The maximum absolute atomic E-state index is 5.11. The third kappa shape index (κ3) is 4.76. The number of fused-ring (bicyclic) bond motifs is 6. The standard InChI is InChI=1S/C50H36N2/c1-50(2)45-22-11-9-18-41(45)42-26-24-35(31-46(42)50)47-27-25-36(32-51-47)40-20-13-21-44-43-19-10-12-23-48(43)52(49(40)44)39-29-37(33-14-5-3-6-15-33)28-38(30-39)34-16-7-4-8-17-34/h3-32H,1-2H3. The molecule has 0 fully saturated rings. The van der Waals surface area contributed by atoms with E-state index in [4.69, 9.17) is 4.98 Å². The molecule has 2 aromatic heterocycles. The SMILES string of the molecule is CC1(C)c2ccccc2-c2ccc(-c3ccc(-c4cccc5c6ccccc6n(-c6cc(-c7ccccc7)cc(-c7ccccc7)c6)c45)cn3)cc21. The number of hydrogen-bond donors (Lipinski definition) is 0. The zero-order chi connectivity index (χ0) is 34.8. The average Bonchev–Trinajstić information content (AvgIpc) is 3.67. The van der Waals surface area contributed by atoms with Gasteiger partial charge in [0.25, 0.3) is 0 Å². The highest BCUT2D eigenvalue weighted by Gasteiger charge is 2.35. The van der Waals surface area contributed by atoms with Crippen molar-refractivity contribution in [2.45, 2.75) is 19.3 Å². The van der Waals surface area contributed by atoms with Crippen LogP contribution in [0.2, 0.25) is 0 Å². The summed E-state index contributed by atoms with van der Waals surface area (Å²) in [7, 11) is 0. The maximum Gasteiger partial charge on any atom is 0.0702 e. The molecule has 0 unspecified atom stereocenters. The lowest BCUT2D eigenvalue weighted by molar-refractivity contribution is 0.660. The molecule has 0 aliphatic heterocycles. The van der Waals surface area contributed by atoms with Crippen molar-refractivity contribution in [3.05, 3.63) is 193 Å². The van der Waals surface area contributed by atoms with Crippen molar-refractivity contribution in [1.82, 2.24) is 9.55 Å². The van der Waals surface area contributed by atoms with Crippen molar-refractivity contribution in [1.29, 1.82) is 0 Å². The van der Waals surface area contributed by atoms with Crippen LogP contribution < -0.4 is 0 Å². The second-order valence-corrected chi connectivity index (χ2v) is 14.4. The lowest BCUT2D eigenvalue weighted by Crippen LogP contribution is -2.14. The number of benzene rings is 7. The van der Waals surface area contributed by atoms with Crippen LogP contribution in [0.4, 0.5) is 0 Å². The first kappa shape index (κ1) is 30.3. The van der Waals surface area contributed by atoms with Crippen LogP contribution in [0.3, 0.4) is 0 Å². The molecular weight excluding hydrogens is 629 g/mol. The fourth-order valence-corrected chi connectivity index (χ4v) is 8.44. The van der Waals surface area contributed by atoms with E-state index < -0.39 is 0 Å². The van der Waals surface area contributed by atoms with Gasteiger partial charge in [-0.05, 0) is 80.9 Å². The highest BCUT2D eigenvalue weighted by molar-refractivity contribution is 6.14. The minimum absolute atomic E-state index is 0.0525. The summed E-state index contributed by atoms with van der Waals surface area (Å²) in [6, 6.07) is 63.9. The predicted molar refractivity (Wildman–Crippen MR) is 218 cm³/mol. The Labute approximate surface area is 304 Å². The largest absolute Gasteiger partial charge is 0.309 e. The first-order chi connectivity index (χ1) is 25.5. The topological polar surface area (TPSA) is 17.8 Å². The van der Waals surface area contributed by atoms with E-state index in [-0.39, 0.29) is 5.41 Å². The number of para-hydroxylation sites is 2. The molecule has 246 valence electrons. The fourth-order valence-electron chi connectivity index (χ4n) is 8.44. The zero-order valence-electron chi connectivity index (χ0n) is 29.2. The van der Waals surface area contributed by atoms with Crippen molar-refractivity contribution in [3.63, 3.8) is 0 Å². The third-order valence-corrected chi connectivity index (χ3v) is 11.0. The van der Waals surface area contributed by atoms with Crippen LogP contribution in [0.15, 0.2) is 182 Å². The molecule has 9 aromatic rings. The van der Waals surface area contributed by atoms with Crippen molar-refractivity contribution >= 4 is 21.8 Å². The van der Waals surface area contributed by atoms with Crippen LogP contribution in [0.1, 0.15) is 25.0 Å². The van der Waals surface area contributed by atoms with E-state index in [0.717, 1.165) is 28.1 Å².